The second-order valence-corrected chi connectivity index (χ2v) is 24.6. The van der Waals surface area contributed by atoms with Gasteiger partial charge in [-0.05, 0) is 62.2 Å². The fourth-order valence-corrected chi connectivity index (χ4v) is 7.61. The standard InChI is InChI=1S/C31H56O6Si2/c1-21-19-33-28(23-15-17-24(32-10)18-16-23)35-26(21)31(9)27(37-39(13,14)30(6,7)8)25(22(2)36-31)20-34-38(11,12)29(3,4)5/h15-18,21-22,25-28H,19-20H2,1-14H3/t21-,22+,25-,26+,27-,28+,31+/m0/s1. The number of benzene rings is 1. The molecule has 0 aromatic heterocycles. The molecular weight excluding hydrogens is 525 g/mol. The van der Waals surface area contributed by atoms with Gasteiger partial charge in [-0.25, -0.2) is 0 Å². The Morgan fingerprint density at radius 2 is 1.49 bits per heavy atom. The van der Waals surface area contributed by atoms with E-state index < -0.39 is 28.5 Å². The molecule has 1 aromatic carbocycles. The van der Waals surface area contributed by atoms with Gasteiger partial charge in [-0.2, -0.15) is 0 Å². The molecule has 0 bridgehead atoms. The van der Waals surface area contributed by atoms with Crippen LogP contribution in [0, 0.1) is 11.8 Å². The number of ether oxygens (including phenoxy) is 4. The Kier molecular flexibility index (Phi) is 9.66. The Morgan fingerprint density at radius 1 is 0.923 bits per heavy atom. The predicted octanol–water partition coefficient (Wildman–Crippen LogP) is 7.95. The van der Waals surface area contributed by atoms with Crippen molar-refractivity contribution in [3.8, 4) is 5.75 Å². The van der Waals surface area contributed by atoms with E-state index in [0.29, 0.717) is 13.2 Å². The molecule has 3 rings (SSSR count). The Bertz CT molecular complexity index is 951. The molecular formula is C31H56O6Si2. The van der Waals surface area contributed by atoms with Crippen LogP contribution < -0.4 is 4.74 Å². The van der Waals surface area contributed by atoms with E-state index in [1.807, 2.05) is 24.3 Å². The van der Waals surface area contributed by atoms with Gasteiger partial charge in [-0.3, -0.25) is 0 Å². The summed E-state index contributed by atoms with van der Waals surface area (Å²) in [6.45, 7) is 30.8. The summed E-state index contributed by atoms with van der Waals surface area (Å²) in [5.74, 6) is 1.06. The highest BCUT2D eigenvalue weighted by Gasteiger charge is 2.60. The topological polar surface area (TPSA) is 55.4 Å². The number of hydrogen-bond donors (Lipinski definition) is 0. The second kappa shape index (κ2) is 11.5. The van der Waals surface area contributed by atoms with Gasteiger partial charge in [0.05, 0.1) is 32.0 Å². The van der Waals surface area contributed by atoms with Crippen molar-refractivity contribution in [2.75, 3.05) is 20.3 Å². The summed E-state index contributed by atoms with van der Waals surface area (Å²) in [7, 11) is -2.42. The zero-order valence-electron chi connectivity index (χ0n) is 27.1. The van der Waals surface area contributed by atoms with Gasteiger partial charge in [-0.1, -0.05) is 60.6 Å². The molecule has 224 valence electrons. The van der Waals surface area contributed by atoms with Crippen molar-refractivity contribution in [2.45, 2.75) is 129 Å². The van der Waals surface area contributed by atoms with Crippen molar-refractivity contribution in [1.82, 2.24) is 0 Å². The zero-order valence-corrected chi connectivity index (χ0v) is 29.1. The van der Waals surface area contributed by atoms with Crippen molar-refractivity contribution in [2.24, 2.45) is 11.8 Å². The normalized spacial score (nSPS) is 32.9. The van der Waals surface area contributed by atoms with Crippen LogP contribution in [0.3, 0.4) is 0 Å². The molecule has 7 atom stereocenters. The molecule has 0 spiro atoms. The van der Waals surface area contributed by atoms with Crippen LogP contribution in [0.4, 0.5) is 0 Å². The van der Waals surface area contributed by atoms with Crippen LogP contribution in [0.15, 0.2) is 24.3 Å². The molecule has 2 aliphatic rings. The van der Waals surface area contributed by atoms with E-state index in [-0.39, 0.29) is 40.2 Å². The summed E-state index contributed by atoms with van der Waals surface area (Å²) in [6.07, 6.45) is -0.842. The summed E-state index contributed by atoms with van der Waals surface area (Å²) in [5, 5.41) is 0.205. The minimum absolute atomic E-state index is 0.0207. The van der Waals surface area contributed by atoms with Gasteiger partial charge in [0.2, 0.25) is 0 Å². The van der Waals surface area contributed by atoms with Crippen molar-refractivity contribution < 1.29 is 27.8 Å². The Hall–Kier alpha value is -0.746. The van der Waals surface area contributed by atoms with Gasteiger partial charge in [0, 0.05) is 24.0 Å². The molecule has 0 N–H and O–H groups in total. The molecule has 2 fully saturated rings. The number of hydrogen-bond acceptors (Lipinski definition) is 6. The van der Waals surface area contributed by atoms with E-state index in [9.17, 15) is 0 Å². The molecule has 2 heterocycles. The van der Waals surface area contributed by atoms with E-state index in [2.05, 4.69) is 88.5 Å². The van der Waals surface area contributed by atoms with E-state index >= 15 is 0 Å². The maximum absolute atomic E-state index is 7.30. The largest absolute Gasteiger partial charge is 0.497 e. The second-order valence-electron chi connectivity index (χ2n) is 15.0. The molecule has 0 radical (unpaired) electrons. The lowest BCUT2D eigenvalue weighted by molar-refractivity contribution is -0.289. The Labute approximate surface area is 240 Å². The third kappa shape index (κ3) is 6.84. The monoisotopic (exact) mass is 580 g/mol. The highest BCUT2D eigenvalue weighted by atomic mass is 28.4. The average Bonchev–Trinajstić information content (AvgIpc) is 3.05. The molecule has 0 amide bonds. The van der Waals surface area contributed by atoms with E-state index in [1.165, 1.54) is 0 Å². The zero-order chi connectivity index (χ0) is 29.6. The minimum atomic E-state index is -2.14. The summed E-state index contributed by atoms with van der Waals surface area (Å²) < 4.78 is 39.4. The van der Waals surface area contributed by atoms with E-state index in [0.717, 1.165) is 11.3 Å². The van der Waals surface area contributed by atoms with Crippen LogP contribution in [0.25, 0.3) is 0 Å². The van der Waals surface area contributed by atoms with Crippen LogP contribution in [0.2, 0.25) is 36.3 Å². The van der Waals surface area contributed by atoms with Crippen LogP contribution >= 0.6 is 0 Å². The molecule has 8 heteroatoms. The summed E-state index contributed by atoms with van der Waals surface area (Å²) in [6, 6.07) is 7.91. The lowest BCUT2D eigenvalue weighted by Crippen LogP contribution is -2.60. The highest BCUT2D eigenvalue weighted by molar-refractivity contribution is 6.74. The van der Waals surface area contributed by atoms with Gasteiger partial charge in [-0.15, -0.1) is 0 Å². The molecule has 1 aromatic rings. The van der Waals surface area contributed by atoms with Crippen LogP contribution in [0.1, 0.15) is 74.2 Å². The molecule has 39 heavy (non-hydrogen) atoms. The maximum atomic E-state index is 7.30. The molecule has 2 aliphatic heterocycles. The summed E-state index contributed by atoms with van der Waals surface area (Å²) >= 11 is 0. The lowest BCUT2D eigenvalue weighted by Gasteiger charge is -2.49. The van der Waals surface area contributed by atoms with Gasteiger partial charge >= 0.3 is 0 Å². The van der Waals surface area contributed by atoms with Crippen molar-refractivity contribution >= 4 is 16.6 Å². The van der Waals surface area contributed by atoms with Crippen LogP contribution in [-0.2, 0) is 23.1 Å². The first-order valence-electron chi connectivity index (χ1n) is 14.6. The number of methoxy groups -OCH3 is 1. The fourth-order valence-electron chi connectivity index (χ4n) is 5.17. The first-order valence-corrected chi connectivity index (χ1v) is 20.5. The predicted molar refractivity (Wildman–Crippen MR) is 163 cm³/mol. The van der Waals surface area contributed by atoms with Gasteiger partial charge in [0.15, 0.2) is 22.9 Å². The van der Waals surface area contributed by atoms with Gasteiger partial charge in [0.1, 0.15) is 11.4 Å². The fraction of sp³-hybridized carbons (Fsp3) is 0.806. The molecule has 6 nitrogen and oxygen atoms in total. The van der Waals surface area contributed by atoms with E-state index in [4.69, 9.17) is 27.8 Å². The Balaban J connectivity index is 1.96. The van der Waals surface area contributed by atoms with E-state index in [1.54, 1.807) is 7.11 Å². The Morgan fingerprint density at radius 3 is 2.00 bits per heavy atom. The minimum Gasteiger partial charge on any atom is -0.497 e. The molecule has 0 unspecified atom stereocenters. The summed E-state index contributed by atoms with van der Waals surface area (Å²) in [4.78, 5) is 0. The third-order valence-electron chi connectivity index (χ3n) is 9.92. The highest BCUT2D eigenvalue weighted by Crippen LogP contribution is 2.50. The van der Waals surface area contributed by atoms with Crippen molar-refractivity contribution in [1.29, 1.82) is 0 Å². The molecule has 0 saturated carbocycles. The van der Waals surface area contributed by atoms with Gasteiger partial charge < -0.3 is 27.8 Å². The number of rotatable bonds is 8. The quantitative estimate of drug-likeness (QED) is 0.291. The van der Waals surface area contributed by atoms with Crippen LogP contribution in [0.5, 0.6) is 5.75 Å². The summed E-state index contributed by atoms with van der Waals surface area (Å²) in [5.41, 5.74) is 0.326. The average molecular weight is 581 g/mol. The smallest absolute Gasteiger partial charge is 0.192 e. The third-order valence-corrected chi connectivity index (χ3v) is 18.9. The van der Waals surface area contributed by atoms with Crippen molar-refractivity contribution in [3.05, 3.63) is 29.8 Å². The van der Waals surface area contributed by atoms with Crippen molar-refractivity contribution in [3.63, 3.8) is 0 Å². The van der Waals surface area contributed by atoms with Crippen LogP contribution in [-0.4, -0.2) is 60.9 Å². The maximum Gasteiger partial charge on any atom is 0.192 e. The molecule has 0 aliphatic carbocycles. The lowest BCUT2D eigenvalue weighted by atomic mass is 9.81. The molecule has 2 saturated heterocycles. The van der Waals surface area contributed by atoms with Gasteiger partial charge in [0.25, 0.3) is 0 Å². The SMILES string of the molecule is COc1ccc([C@@H]2OC[C@H](C)[C@H]([C@@]3(C)O[C@H](C)[C@H](CO[Si](C)(C)C(C)(C)C)[C@@H]3O[Si](C)(C)C(C)(C)C)O2)cc1. The first-order chi connectivity index (χ1) is 17.7. The first kappa shape index (κ1) is 32.8.